The first-order chi connectivity index (χ1) is 11.4. The second-order valence-electron chi connectivity index (χ2n) is 7.11. The summed E-state index contributed by atoms with van der Waals surface area (Å²) in [7, 11) is 0. The zero-order chi connectivity index (χ0) is 16.8. The first kappa shape index (κ1) is 14.1. The standard InChI is InChI=1S/C19H16O5/c1-19-11-4-2-8-9(3-5-12(8)20)15(11)17(23)18-16(19)10(7-24-18)13(21)6-14(19)22/h2,4,7,14,17,22-23H,3,5-6H2,1H3/t14-,17?,19+/m1/s1. The SMILES string of the molecule is C[C@@]12c3ccc4c(c3C(O)c3occ(c31)C(=O)C[C@H]2O)CCC4=O. The number of fused-ring (bicyclic) bond motifs is 4. The predicted molar refractivity (Wildman–Crippen MR) is 83.3 cm³/mol. The summed E-state index contributed by atoms with van der Waals surface area (Å²) < 4.78 is 5.56. The van der Waals surface area contributed by atoms with Crippen LogP contribution in [0.3, 0.4) is 0 Å². The molecule has 1 aromatic heterocycles. The van der Waals surface area contributed by atoms with E-state index in [0.29, 0.717) is 40.9 Å². The van der Waals surface area contributed by atoms with Crippen molar-refractivity contribution >= 4 is 11.6 Å². The number of hydrogen-bond acceptors (Lipinski definition) is 5. The van der Waals surface area contributed by atoms with Crippen LogP contribution < -0.4 is 0 Å². The maximum absolute atomic E-state index is 12.2. The van der Waals surface area contributed by atoms with Crippen LogP contribution in [-0.2, 0) is 11.8 Å². The smallest absolute Gasteiger partial charge is 0.169 e. The Kier molecular flexibility index (Phi) is 2.49. The molecule has 1 heterocycles. The quantitative estimate of drug-likeness (QED) is 0.774. The minimum atomic E-state index is -1.02. The van der Waals surface area contributed by atoms with Crippen molar-refractivity contribution < 1.29 is 24.2 Å². The molecule has 24 heavy (non-hydrogen) atoms. The molecular formula is C19H16O5. The summed E-state index contributed by atoms with van der Waals surface area (Å²) in [6, 6.07) is 3.61. The zero-order valence-electron chi connectivity index (χ0n) is 13.1. The molecule has 0 bridgehead atoms. The van der Waals surface area contributed by atoms with Gasteiger partial charge in [0.1, 0.15) is 18.1 Å². The highest BCUT2D eigenvalue weighted by Gasteiger charge is 2.53. The number of Topliss-reactive ketones (excluding diaryl/α,β-unsaturated/α-hetero) is 2. The summed E-state index contributed by atoms with van der Waals surface area (Å²) in [5.41, 5.74) is 3.17. The van der Waals surface area contributed by atoms with E-state index in [0.717, 1.165) is 11.1 Å². The van der Waals surface area contributed by atoms with E-state index in [1.807, 2.05) is 13.0 Å². The molecule has 1 unspecified atom stereocenters. The fourth-order valence-corrected chi connectivity index (χ4v) is 4.75. The molecule has 3 atom stereocenters. The number of aliphatic hydroxyl groups is 2. The molecule has 5 nitrogen and oxygen atoms in total. The van der Waals surface area contributed by atoms with Crippen LogP contribution in [0.2, 0.25) is 0 Å². The normalized spacial score (nSPS) is 30.1. The van der Waals surface area contributed by atoms with Gasteiger partial charge in [-0.15, -0.1) is 0 Å². The van der Waals surface area contributed by atoms with E-state index >= 15 is 0 Å². The Morgan fingerprint density at radius 1 is 1.12 bits per heavy atom. The fraction of sp³-hybridized carbons (Fsp3) is 0.368. The van der Waals surface area contributed by atoms with Crippen molar-refractivity contribution in [1.82, 2.24) is 0 Å². The third-order valence-corrected chi connectivity index (χ3v) is 6.03. The van der Waals surface area contributed by atoms with Crippen molar-refractivity contribution in [3.63, 3.8) is 0 Å². The van der Waals surface area contributed by atoms with Gasteiger partial charge in [-0.2, -0.15) is 0 Å². The van der Waals surface area contributed by atoms with Crippen molar-refractivity contribution in [1.29, 1.82) is 0 Å². The third-order valence-electron chi connectivity index (χ3n) is 6.03. The zero-order valence-corrected chi connectivity index (χ0v) is 13.1. The largest absolute Gasteiger partial charge is 0.465 e. The van der Waals surface area contributed by atoms with E-state index in [9.17, 15) is 19.8 Å². The van der Waals surface area contributed by atoms with Crippen molar-refractivity contribution in [2.45, 2.75) is 43.8 Å². The van der Waals surface area contributed by atoms with Crippen LogP contribution in [0.25, 0.3) is 0 Å². The Labute approximate surface area is 137 Å². The number of rotatable bonds is 0. The van der Waals surface area contributed by atoms with Gasteiger partial charge in [0.15, 0.2) is 11.6 Å². The lowest BCUT2D eigenvalue weighted by Gasteiger charge is -2.44. The van der Waals surface area contributed by atoms with E-state index in [-0.39, 0.29) is 18.0 Å². The Morgan fingerprint density at radius 2 is 1.92 bits per heavy atom. The molecular weight excluding hydrogens is 308 g/mol. The average Bonchev–Trinajstić information content (AvgIpc) is 3.16. The van der Waals surface area contributed by atoms with Gasteiger partial charge in [-0.25, -0.2) is 0 Å². The molecule has 5 rings (SSSR count). The van der Waals surface area contributed by atoms with Crippen LogP contribution >= 0.6 is 0 Å². The van der Waals surface area contributed by atoms with Crippen molar-refractivity contribution in [2.24, 2.45) is 0 Å². The number of hydrogen-bond donors (Lipinski definition) is 2. The molecule has 0 radical (unpaired) electrons. The molecule has 3 aliphatic rings. The molecule has 0 saturated heterocycles. The van der Waals surface area contributed by atoms with E-state index in [4.69, 9.17) is 4.42 Å². The third kappa shape index (κ3) is 1.39. The number of ketones is 2. The van der Waals surface area contributed by atoms with E-state index in [2.05, 4.69) is 0 Å². The number of benzene rings is 1. The summed E-state index contributed by atoms with van der Waals surface area (Å²) in [5, 5.41) is 21.6. The number of carbonyl (C=O) groups is 2. The molecule has 122 valence electrons. The number of carbonyl (C=O) groups excluding carboxylic acids is 2. The lowest BCUT2D eigenvalue weighted by Crippen LogP contribution is -2.47. The van der Waals surface area contributed by atoms with E-state index in [1.54, 1.807) is 6.07 Å². The second-order valence-corrected chi connectivity index (χ2v) is 7.11. The van der Waals surface area contributed by atoms with Gasteiger partial charge in [0.05, 0.1) is 11.7 Å². The van der Waals surface area contributed by atoms with Gasteiger partial charge in [0.25, 0.3) is 0 Å². The predicted octanol–water partition coefficient (Wildman–Crippen LogP) is 2.06. The highest BCUT2D eigenvalue weighted by Crippen LogP contribution is 2.54. The highest BCUT2D eigenvalue weighted by atomic mass is 16.4. The molecule has 0 fully saturated rings. The first-order valence-corrected chi connectivity index (χ1v) is 8.15. The van der Waals surface area contributed by atoms with E-state index < -0.39 is 17.6 Å². The van der Waals surface area contributed by atoms with Crippen LogP contribution in [0.15, 0.2) is 22.8 Å². The van der Waals surface area contributed by atoms with Crippen LogP contribution in [0.1, 0.15) is 74.6 Å². The van der Waals surface area contributed by atoms with Crippen LogP contribution in [0.5, 0.6) is 0 Å². The first-order valence-electron chi connectivity index (χ1n) is 8.15. The lowest BCUT2D eigenvalue weighted by atomic mass is 9.60. The minimum absolute atomic E-state index is 0.0218. The Morgan fingerprint density at radius 3 is 2.71 bits per heavy atom. The lowest BCUT2D eigenvalue weighted by molar-refractivity contribution is 0.0645. The second kappa shape index (κ2) is 4.23. The van der Waals surface area contributed by atoms with Crippen molar-refractivity contribution in [3.8, 4) is 0 Å². The van der Waals surface area contributed by atoms with Crippen LogP contribution in [0, 0.1) is 0 Å². The molecule has 5 heteroatoms. The van der Waals surface area contributed by atoms with Gasteiger partial charge in [0, 0.05) is 29.4 Å². The molecule has 0 amide bonds. The molecule has 0 spiro atoms. The van der Waals surface area contributed by atoms with Gasteiger partial charge >= 0.3 is 0 Å². The molecule has 0 saturated carbocycles. The van der Waals surface area contributed by atoms with Gasteiger partial charge in [0.2, 0.25) is 0 Å². The monoisotopic (exact) mass is 324 g/mol. The van der Waals surface area contributed by atoms with Gasteiger partial charge in [-0.3, -0.25) is 9.59 Å². The Bertz CT molecular complexity index is 937. The van der Waals surface area contributed by atoms with E-state index in [1.165, 1.54) is 6.26 Å². The average molecular weight is 324 g/mol. The summed E-state index contributed by atoms with van der Waals surface area (Å²) >= 11 is 0. The topological polar surface area (TPSA) is 87.7 Å². The molecule has 2 N–H and O–H groups in total. The summed E-state index contributed by atoms with van der Waals surface area (Å²) in [5.74, 6) is 0.229. The summed E-state index contributed by atoms with van der Waals surface area (Å²) in [6.45, 7) is 1.88. The van der Waals surface area contributed by atoms with Gasteiger partial charge < -0.3 is 14.6 Å². The molecule has 3 aliphatic carbocycles. The summed E-state index contributed by atoms with van der Waals surface area (Å²) in [6.07, 6.45) is 0.520. The van der Waals surface area contributed by atoms with Crippen LogP contribution in [0.4, 0.5) is 0 Å². The van der Waals surface area contributed by atoms with Gasteiger partial charge in [-0.1, -0.05) is 12.1 Å². The number of aliphatic hydroxyl groups excluding tert-OH is 2. The molecule has 0 aliphatic heterocycles. The summed E-state index contributed by atoms with van der Waals surface area (Å²) in [4.78, 5) is 24.3. The number of furan rings is 1. The minimum Gasteiger partial charge on any atom is -0.465 e. The molecule has 2 aromatic rings. The maximum atomic E-state index is 12.2. The Hall–Kier alpha value is -2.24. The van der Waals surface area contributed by atoms with Gasteiger partial charge in [-0.05, 0) is 30.0 Å². The Balaban J connectivity index is 1.89. The fourth-order valence-electron chi connectivity index (χ4n) is 4.75. The maximum Gasteiger partial charge on any atom is 0.169 e. The van der Waals surface area contributed by atoms with Crippen molar-refractivity contribution in [3.05, 3.63) is 57.5 Å². The molecule has 1 aromatic carbocycles. The van der Waals surface area contributed by atoms with Crippen molar-refractivity contribution in [2.75, 3.05) is 0 Å². The van der Waals surface area contributed by atoms with Crippen LogP contribution in [-0.4, -0.2) is 27.9 Å². The highest BCUT2D eigenvalue weighted by molar-refractivity contribution is 6.02.